The first-order chi connectivity index (χ1) is 17.4. The first-order valence-corrected chi connectivity index (χ1v) is 13.0. The molecule has 1 aliphatic heterocycles. The first-order valence-electron chi connectivity index (χ1n) is 12.2. The lowest BCUT2D eigenvalue weighted by Gasteiger charge is -2.25. The van der Waals surface area contributed by atoms with Crippen LogP contribution in [0.1, 0.15) is 58.8 Å². The van der Waals surface area contributed by atoms with Gasteiger partial charge in [0.25, 0.3) is 11.8 Å². The minimum Gasteiger partial charge on any atom is -0.391 e. The van der Waals surface area contributed by atoms with Gasteiger partial charge in [-0.05, 0) is 68.4 Å². The Morgan fingerprint density at radius 3 is 2.24 bits per heavy atom. The van der Waals surface area contributed by atoms with Crippen LogP contribution in [0.25, 0.3) is 0 Å². The van der Waals surface area contributed by atoms with Crippen molar-refractivity contribution in [1.82, 2.24) is 20.9 Å². The van der Waals surface area contributed by atoms with Gasteiger partial charge in [0, 0.05) is 19.0 Å². The van der Waals surface area contributed by atoms with Gasteiger partial charge in [-0.15, -0.1) is 0 Å². The molecule has 0 saturated heterocycles. The van der Waals surface area contributed by atoms with E-state index in [9.17, 15) is 33.9 Å². The summed E-state index contributed by atoms with van der Waals surface area (Å²) < 4.78 is 0.209. The maximum atomic E-state index is 12.8. The van der Waals surface area contributed by atoms with E-state index in [1.54, 1.807) is 0 Å². The minimum absolute atomic E-state index is 0.0525. The molecular weight excluding hydrogens is 549 g/mol. The Bertz CT molecular complexity index is 899. The number of hydrogen-bond acceptors (Lipinski definition) is 8. The molecule has 12 nitrogen and oxygen atoms in total. The SMILES string of the molecule is [B]C(=O)[C@@H](C)NC(=O)[C@H](CCCCN)NC(=O)[C@@H](NC(=O)CCCCCN1C(=O)C=C(Br)C1=O)[C@@H](C)O. The Kier molecular flexibility index (Phi) is 14.3. The molecule has 0 bridgehead atoms. The van der Waals surface area contributed by atoms with Gasteiger partial charge in [-0.2, -0.15) is 0 Å². The van der Waals surface area contributed by atoms with Crippen LogP contribution in [0.2, 0.25) is 0 Å². The molecule has 5 amide bonds. The Morgan fingerprint density at radius 1 is 1.03 bits per heavy atom. The third kappa shape index (κ3) is 11.1. The smallest absolute Gasteiger partial charge is 0.267 e. The van der Waals surface area contributed by atoms with Crippen LogP contribution < -0.4 is 21.7 Å². The fourth-order valence-electron chi connectivity index (χ4n) is 3.48. The van der Waals surface area contributed by atoms with Gasteiger partial charge in [0.15, 0.2) is 7.85 Å². The summed E-state index contributed by atoms with van der Waals surface area (Å²) >= 11 is 3.02. The highest BCUT2D eigenvalue weighted by Crippen LogP contribution is 2.18. The molecule has 2 radical (unpaired) electrons. The fraction of sp³-hybridized carbons (Fsp3) is 0.652. The lowest BCUT2D eigenvalue weighted by atomic mass is 9.96. The van der Waals surface area contributed by atoms with E-state index >= 15 is 0 Å². The van der Waals surface area contributed by atoms with Gasteiger partial charge in [0.05, 0.1) is 22.3 Å². The van der Waals surface area contributed by atoms with Crippen LogP contribution in [0, 0.1) is 0 Å². The molecule has 0 aliphatic carbocycles. The molecule has 1 heterocycles. The molecule has 1 rings (SSSR count). The number of aliphatic hydroxyl groups is 1. The number of hydrogen-bond donors (Lipinski definition) is 5. The first kappa shape index (κ1) is 32.5. The summed E-state index contributed by atoms with van der Waals surface area (Å²) in [4.78, 5) is 73.8. The molecule has 0 spiro atoms. The summed E-state index contributed by atoms with van der Waals surface area (Å²) in [5.41, 5.74) is 4.76. The predicted molar refractivity (Wildman–Crippen MR) is 139 cm³/mol. The lowest BCUT2D eigenvalue weighted by molar-refractivity contribution is -0.137. The van der Waals surface area contributed by atoms with E-state index in [2.05, 4.69) is 31.9 Å². The molecule has 0 unspecified atom stereocenters. The second-order valence-corrected chi connectivity index (χ2v) is 9.72. The monoisotopic (exact) mass is 583 g/mol. The highest BCUT2D eigenvalue weighted by Gasteiger charge is 2.31. The second kappa shape index (κ2) is 16.3. The Labute approximate surface area is 226 Å². The van der Waals surface area contributed by atoms with Crippen molar-refractivity contribution in [2.45, 2.75) is 83.0 Å². The van der Waals surface area contributed by atoms with Crippen molar-refractivity contribution in [3.8, 4) is 0 Å². The van der Waals surface area contributed by atoms with Crippen LogP contribution in [-0.2, 0) is 28.8 Å². The van der Waals surface area contributed by atoms with Gasteiger partial charge in [-0.3, -0.25) is 28.9 Å². The zero-order valence-corrected chi connectivity index (χ0v) is 22.7. The summed E-state index contributed by atoms with van der Waals surface area (Å²) in [5.74, 6) is -2.64. The maximum absolute atomic E-state index is 12.8. The number of carbonyl (C=O) groups excluding carboxylic acids is 6. The Morgan fingerprint density at radius 2 is 1.70 bits per heavy atom. The largest absolute Gasteiger partial charge is 0.391 e. The van der Waals surface area contributed by atoms with Crippen LogP contribution in [0.5, 0.6) is 0 Å². The van der Waals surface area contributed by atoms with E-state index in [1.165, 1.54) is 19.9 Å². The van der Waals surface area contributed by atoms with Gasteiger partial charge in [-0.1, -0.05) is 6.42 Å². The Hall–Kier alpha value is -2.58. The van der Waals surface area contributed by atoms with Crippen LogP contribution in [0.4, 0.5) is 0 Å². The van der Waals surface area contributed by atoms with Crippen molar-refractivity contribution in [2.75, 3.05) is 13.1 Å². The third-order valence-corrected chi connectivity index (χ3v) is 6.27. The number of unbranched alkanes of at least 4 members (excludes halogenated alkanes) is 3. The fourth-order valence-corrected chi connectivity index (χ4v) is 3.89. The number of carbonyl (C=O) groups is 6. The highest BCUT2D eigenvalue weighted by molar-refractivity contribution is 9.12. The standard InChI is InChI=1S/C23H35BBrN5O7/c1-13(20(24)34)27-21(35)16(8-5-6-10-26)28-22(36)19(14(2)31)29-17(32)9-4-3-7-11-30-18(33)12-15(25)23(30)37/h12-14,16,19,31H,3-11,26H2,1-2H3,(H,27,35)(H,28,36)(H,29,32)/t13-,14-,16+,19+/m1/s1. The molecule has 0 aromatic heterocycles. The molecule has 0 fully saturated rings. The van der Waals surface area contributed by atoms with E-state index in [4.69, 9.17) is 13.6 Å². The van der Waals surface area contributed by atoms with Gasteiger partial charge < -0.3 is 31.6 Å². The molecule has 14 heteroatoms. The zero-order valence-electron chi connectivity index (χ0n) is 21.1. The predicted octanol–water partition coefficient (Wildman–Crippen LogP) is -1.13. The van der Waals surface area contributed by atoms with Crippen molar-refractivity contribution < 1.29 is 33.9 Å². The van der Waals surface area contributed by atoms with Gasteiger partial charge >= 0.3 is 0 Å². The van der Waals surface area contributed by atoms with Crippen molar-refractivity contribution in [3.05, 3.63) is 10.6 Å². The average Bonchev–Trinajstić information content (AvgIpc) is 3.06. The van der Waals surface area contributed by atoms with E-state index in [0.29, 0.717) is 38.6 Å². The van der Waals surface area contributed by atoms with E-state index in [-0.39, 0.29) is 29.8 Å². The van der Waals surface area contributed by atoms with Crippen LogP contribution >= 0.6 is 15.9 Å². The normalized spacial score (nSPS) is 16.5. The molecule has 37 heavy (non-hydrogen) atoms. The van der Waals surface area contributed by atoms with Crippen molar-refractivity contribution >= 4 is 59.0 Å². The second-order valence-electron chi connectivity index (χ2n) is 8.86. The van der Waals surface area contributed by atoms with E-state index in [1.807, 2.05) is 0 Å². The molecule has 204 valence electrons. The molecule has 0 saturated carbocycles. The minimum atomic E-state index is -1.31. The summed E-state index contributed by atoms with van der Waals surface area (Å²) in [5, 5.41) is 17.5. The number of nitrogens with one attached hydrogen (secondary N) is 3. The molecule has 6 N–H and O–H groups in total. The molecular formula is C23H35BBrN5O7. The van der Waals surface area contributed by atoms with Crippen molar-refractivity contribution in [3.63, 3.8) is 0 Å². The number of nitrogens with two attached hydrogens (primary N) is 1. The van der Waals surface area contributed by atoms with Gasteiger partial charge in [0.2, 0.25) is 17.7 Å². The molecule has 1 aliphatic rings. The molecule has 0 aromatic rings. The zero-order chi connectivity index (χ0) is 28.1. The van der Waals surface area contributed by atoms with Crippen molar-refractivity contribution in [1.29, 1.82) is 0 Å². The number of nitrogens with zero attached hydrogens (tertiary/aromatic N) is 1. The molecule has 0 aromatic carbocycles. The average molecular weight is 584 g/mol. The quantitative estimate of drug-likeness (QED) is 0.0807. The number of rotatable bonds is 17. The highest BCUT2D eigenvalue weighted by atomic mass is 79.9. The van der Waals surface area contributed by atoms with Crippen molar-refractivity contribution in [2.24, 2.45) is 5.73 Å². The van der Waals surface area contributed by atoms with Crippen LogP contribution in [0.15, 0.2) is 10.6 Å². The van der Waals surface area contributed by atoms with Crippen LogP contribution in [-0.4, -0.2) is 90.4 Å². The topological polar surface area (TPSA) is 188 Å². The summed E-state index contributed by atoms with van der Waals surface area (Å²) in [6.45, 7) is 3.37. The number of aliphatic hydroxyl groups excluding tert-OH is 1. The van der Waals surface area contributed by atoms with Crippen LogP contribution in [0.3, 0.4) is 0 Å². The molecule has 4 atom stereocenters. The summed E-state index contributed by atoms with van der Waals surface area (Å²) in [6, 6.07) is -3.29. The van der Waals surface area contributed by atoms with E-state index in [0.717, 1.165) is 4.90 Å². The van der Waals surface area contributed by atoms with Gasteiger partial charge in [-0.25, -0.2) is 0 Å². The number of amides is 5. The van der Waals surface area contributed by atoms with Gasteiger partial charge in [0.1, 0.15) is 12.1 Å². The summed E-state index contributed by atoms with van der Waals surface area (Å²) in [6.07, 6.45) is 2.85. The Balaban J connectivity index is 2.59. The lowest BCUT2D eigenvalue weighted by Crippen LogP contribution is -2.58. The third-order valence-electron chi connectivity index (χ3n) is 5.70. The number of imide groups is 1. The van der Waals surface area contributed by atoms with E-state index < -0.39 is 53.5 Å². The number of halogens is 1. The maximum Gasteiger partial charge on any atom is 0.267 e. The summed E-state index contributed by atoms with van der Waals surface area (Å²) in [7, 11) is 5.18.